The molecule has 1 aliphatic carbocycles. The molecule has 2 N–H and O–H groups in total. The minimum Gasteiger partial charge on any atom is -0.396 e. The molecule has 0 unspecified atom stereocenters. The van der Waals surface area contributed by atoms with Gasteiger partial charge in [0.15, 0.2) is 0 Å². The van der Waals surface area contributed by atoms with E-state index >= 15 is 0 Å². The standard InChI is InChI=1S/C13H22N4O/c1-9-13(14)10(2)17(15-9)8-12(18)16(3)7-11-5-4-6-11/h11H,4-8,14H2,1-3H3. The second-order valence-electron chi connectivity index (χ2n) is 5.31. The Morgan fingerprint density at radius 2 is 2.17 bits per heavy atom. The Kier molecular flexibility index (Phi) is 3.59. The topological polar surface area (TPSA) is 64.2 Å². The molecular weight excluding hydrogens is 228 g/mol. The maximum Gasteiger partial charge on any atom is 0.244 e. The monoisotopic (exact) mass is 250 g/mol. The largest absolute Gasteiger partial charge is 0.396 e. The van der Waals surface area contributed by atoms with Crippen molar-refractivity contribution in [3.63, 3.8) is 0 Å². The Hall–Kier alpha value is -1.52. The number of likely N-dealkylation sites (N-methyl/N-ethyl adjacent to an activating group) is 1. The van der Waals surface area contributed by atoms with Gasteiger partial charge in [-0.2, -0.15) is 5.10 Å². The van der Waals surface area contributed by atoms with Gasteiger partial charge in [0.1, 0.15) is 6.54 Å². The molecule has 0 radical (unpaired) electrons. The van der Waals surface area contributed by atoms with Crippen molar-refractivity contribution in [3.05, 3.63) is 11.4 Å². The van der Waals surface area contributed by atoms with Crippen LogP contribution in [-0.4, -0.2) is 34.2 Å². The van der Waals surface area contributed by atoms with Crippen LogP contribution in [0.15, 0.2) is 0 Å². The number of nitrogens with zero attached hydrogens (tertiary/aromatic N) is 3. The van der Waals surface area contributed by atoms with Gasteiger partial charge < -0.3 is 10.6 Å². The second kappa shape index (κ2) is 5.00. The molecule has 0 spiro atoms. The predicted octanol–water partition coefficient (Wildman–Crippen LogP) is 1.34. The highest BCUT2D eigenvalue weighted by Gasteiger charge is 2.22. The van der Waals surface area contributed by atoms with Gasteiger partial charge in [-0.15, -0.1) is 0 Å². The van der Waals surface area contributed by atoms with Crippen LogP contribution < -0.4 is 5.73 Å². The van der Waals surface area contributed by atoms with Crippen molar-refractivity contribution in [2.24, 2.45) is 5.92 Å². The molecule has 0 saturated heterocycles. The molecule has 0 atom stereocenters. The predicted molar refractivity (Wildman–Crippen MR) is 71.1 cm³/mol. The third-order valence-corrected chi connectivity index (χ3v) is 3.91. The highest BCUT2D eigenvalue weighted by Crippen LogP contribution is 2.26. The minimum absolute atomic E-state index is 0.104. The first-order valence-electron chi connectivity index (χ1n) is 6.52. The number of anilines is 1. The van der Waals surface area contributed by atoms with Crippen molar-refractivity contribution in [1.29, 1.82) is 0 Å². The molecule has 0 aliphatic heterocycles. The van der Waals surface area contributed by atoms with Crippen molar-refractivity contribution in [2.75, 3.05) is 19.3 Å². The number of amides is 1. The summed E-state index contributed by atoms with van der Waals surface area (Å²) in [7, 11) is 1.87. The molecule has 0 bridgehead atoms. The summed E-state index contributed by atoms with van der Waals surface area (Å²) in [5.41, 5.74) is 8.21. The van der Waals surface area contributed by atoms with E-state index in [1.54, 1.807) is 4.68 Å². The number of nitrogen functional groups attached to an aromatic ring is 1. The van der Waals surface area contributed by atoms with Gasteiger partial charge in [-0.25, -0.2) is 0 Å². The van der Waals surface area contributed by atoms with Crippen LogP contribution in [0.2, 0.25) is 0 Å². The van der Waals surface area contributed by atoms with E-state index in [4.69, 9.17) is 5.73 Å². The third kappa shape index (κ3) is 2.49. The molecule has 1 amide bonds. The lowest BCUT2D eigenvalue weighted by Crippen LogP contribution is -2.36. The molecule has 1 aromatic heterocycles. The summed E-state index contributed by atoms with van der Waals surface area (Å²) in [5, 5.41) is 4.29. The molecule has 1 heterocycles. The van der Waals surface area contributed by atoms with E-state index in [0.717, 1.165) is 17.9 Å². The first kappa shape index (κ1) is 12.9. The molecule has 1 saturated carbocycles. The average molecular weight is 250 g/mol. The van der Waals surface area contributed by atoms with Crippen LogP contribution in [0.4, 0.5) is 5.69 Å². The highest BCUT2D eigenvalue weighted by molar-refractivity contribution is 5.76. The number of hydrogen-bond acceptors (Lipinski definition) is 3. The number of rotatable bonds is 4. The van der Waals surface area contributed by atoms with E-state index in [9.17, 15) is 4.79 Å². The molecule has 18 heavy (non-hydrogen) atoms. The van der Waals surface area contributed by atoms with Gasteiger partial charge in [0.05, 0.1) is 17.1 Å². The summed E-state index contributed by atoms with van der Waals surface area (Å²) in [6.07, 6.45) is 3.82. The van der Waals surface area contributed by atoms with Crippen molar-refractivity contribution < 1.29 is 4.79 Å². The Bertz CT molecular complexity index is 448. The van der Waals surface area contributed by atoms with Gasteiger partial charge in [-0.1, -0.05) is 6.42 Å². The summed E-state index contributed by atoms with van der Waals surface area (Å²) in [4.78, 5) is 13.9. The highest BCUT2D eigenvalue weighted by atomic mass is 16.2. The average Bonchev–Trinajstić information content (AvgIpc) is 2.51. The Morgan fingerprint density at radius 1 is 1.50 bits per heavy atom. The number of hydrogen-bond donors (Lipinski definition) is 1. The Balaban J connectivity index is 1.95. The van der Waals surface area contributed by atoms with Gasteiger partial charge in [0.25, 0.3) is 0 Å². The molecule has 5 heteroatoms. The lowest BCUT2D eigenvalue weighted by Gasteiger charge is -2.30. The lowest BCUT2D eigenvalue weighted by molar-refractivity contribution is -0.131. The normalized spacial score (nSPS) is 15.5. The van der Waals surface area contributed by atoms with Crippen LogP contribution >= 0.6 is 0 Å². The molecular formula is C13H22N4O. The van der Waals surface area contributed by atoms with Crippen LogP contribution in [0, 0.1) is 19.8 Å². The second-order valence-corrected chi connectivity index (χ2v) is 5.31. The van der Waals surface area contributed by atoms with E-state index in [2.05, 4.69) is 5.10 Å². The van der Waals surface area contributed by atoms with Crippen LogP contribution in [0.3, 0.4) is 0 Å². The Morgan fingerprint density at radius 3 is 2.61 bits per heavy atom. The fourth-order valence-corrected chi connectivity index (χ4v) is 2.28. The van der Waals surface area contributed by atoms with E-state index in [1.165, 1.54) is 19.3 Å². The SMILES string of the molecule is Cc1nn(CC(=O)N(C)CC2CCC2)c(C)c1N. The summed E-state index contributed by atoms with van der Waals surface area (Å²) < 4.78 is 1.70. The number of aryl methyl sites for hydroxylation is 1. The quantitative estimate of drug-likeness (QED) is 0.877. The third-order valence-electron chi connectivity index (χ3n) is 3.91. The maximum absolute atomic E-state index is 12.1. The van der Waals surface area contributed by atoms with E-state index in [0.29, 0.717) is 11.6 Å². The fraction of sp³-hybridized carbons (Fsp3) is 0.692. The molecule has 0 aromatic carbocycles. The molecule has 2 rings (SSSR count). The molecule has 1 fully saturated rings. The van der Waals surface area contributed by atoms with Gasteiger partial charge in [-0.3, -0.25) is 9.48 Å². The van der Waals surface area contributed by atoms with Crippen molar-refractivity contribution >= 4 is 11.6 Å². The number of aromatic nitrogens is 2. The lowest BCUT2D eigenvalue weighted by atomic mass is 9.85. The maximum atomic E-state index is 12.1. The van der Waals surface area contributed by atoms with Gasteiger partial charge >= 0.3 is 0 Å². The minimum atomic E-state index is 0.104. The van der Waals surface area contributed by atoms with E-state index in [1.807, 2.05) is 25.8 Å². The zero-order chi connectivity index (χ0) is 13.3. The first-order chi connectivity index (χ1) is 8.49. The van der Waals surface area contributed by atoms with E-state index < -0.39 is 0 Å². The van der Waals surface area contributed by atoms with Crippen LogP contribution in [0.25, 0.3) is 0 Å². The molecule has 1 aliphatic rings. The summed E-state index contributed by atoms with van der Waals surface area (Å²) in [6.45, 7) is 4.91. The molecule has 1 aromatic rings. The van der Waals surface area contributed by atoms with E-state index in [-0.39, 0.29) is 12.5 Å². The number of carbonyl (C=O) groups excluding carboxylic acids is 1. The van der Waals surface area contributed by atoms with Crippen molar-refractivity contribution in [2.45, 2.75) is 39.7 Å². The zero-order valence-electron chi connectivity index (χ0n) is 11.4. The van der Waals surface area contributed by atoms with Crippen LogP contribution in [-0.2, 0) is 11.3 Å². The van der Waals surface area contributed by atoms with Crippen molar-refractivity contribution in [3.8, 4) is 0 Å². The smallest absolute Gasteiger partial charge is 0.244 e. The fourth-order valence-electron chi connectivity index (χ4n) is 2.28. The first-order valence-corrected chi connectivity index (χ1v) is 6.52. The van der Waals surface area contributed by atoms with Gasteiger partial charge in [0, 0.05) is 13.6 Å². The van der Waals surface area contributed by atoms with Crippen LogP contribution in [0.1, 0.15) is 30.7 Å². The number of nitrogens with two attached hydrogens (primary N) is 1. The van der Waals surface area contributed by atoms with Gasteiger partial charge in [0.2, 0.25) is 5.91 Å². The summed E-state index contributed by atoms with van der Waals surface area (Å²) in [5.74, 6) is 0.803. The van der Waals surface area contributed by atoms with Crippen LogP contribution in [0.5, 0.6) is 0 Å². The molecule has 5 nitrogen and oxygen atoms in total. The van der Waals surface area contributed by atoms with Gasteiger partial charge in [-0.05, 0) is 32.6 Å². The molecule has 100 valence electrons. The zero-order valence-corrected chi connectivity index (χ0v) is 11.4. The summed E-state index contributed by atoms with van der Waals surface area (Å²) >= 11 is 0. The number of carbonyl (C=O) groups is 1. The summed E-state index contributed by atoms with van der Waals surface area (Å²) in [6, 6.07) is 0. The Labute approximate surface area is 108 Å². The van der Waals surface area contributed by atoms with Crippen molar-refractivity contribution in [1.82, 2.24) is 14.7 Å².